The molecule has 0 fully saturated rings. The molecule has 0 saturated heterocycles. The topological polar surface area (TPSA) is 40.5 Å². The van der Waals surface area contributed by atoms with Gasteiger partial charge in [0.05, 0.1) is 0 Å². The van der Waals surface area contributed by atoms with Crippen LogP contribution in [-0.4, -0.2) is 15.5 Å². The summed E-state index contributed by atoms with van der Waals surface area (Å²) in [6.07, 6.45) is 5.50. The molecule has 0 aromatic heterocycles. The number of unbranched alkanes of at least 4 members (excludes halogenated alkanes) is 1. The largest absolute Gasteiger partial charge is 2.00 e. The molecule has 3 rings (SSSR count). The summed E-state index contributed by atoms with van der Waals surface area (Å²) in [6.45, 7) is 8.49. The van der Waals surface area contributed by atoms with Crippen LogP contribution in [0.15, 0.2) is 35.2 Å². The van der Waals surface area contributed by atoms with E-state index < -0.39 is 0 Å². The number of rotatable bonds is 4. The zero-order chi connectivity index (χ0) is 18.4. The van der Waals surface area contributed by atoms with Crippen LogP contribution in [-0.2, 0) is 34.6 Å². The van der Waals surface area contributed by atoms with Crippen molar-refractivity contribution in [1.82, 2.24) is 0 Å². The maximum atomic E-state index is 9.77. The maximum absolute atomic E-state index is 9.77. The average Bonchev–Trinajstić information content (AvgIpc) is 2.57. The molecule has 0 saturated carbocycles. The van der Waals surface area contributed by atoms with Gasteiger partial charge in [-0.1, -0.05) is 44.0 Å². The van der Waals surface area contributed by atoms with Gasteiger partial charge in [-0.2, -0.15) is 0 Å². The molecule has 1 unspecified atom stereocenters. The van der Waals surface area contributed by atoms with E-state index in [1.807, 2.05) is 17.8 Å². The van der Waals surface area contributed by atoms with Crippen LogP contribution >= 0.6 is 11.8 Å². The molecule has 0 radical (unpaired) electrons. The number of benzene rings is 2. The standard InChI is InChI=1S/C11H14OS.C11H16O.2ClH.Ti/c1-3-9-6-8-4-7(2)5-10(13-9)11(8)12;1-3-4-5-10-8-9(2)6-7-11(10)12;;;/h4-5,9,12H,3,6H2,1-2H3;6-8,12H,3-5H2,1-2H3;2*1H;/q;;;;+2/p-2. The second-order valence-electron chi connectivity index (χ2n) is 6.86. The van der Waals surface area contributed by atoms with Gasteiger partial charge in [0.2, 0.25) is 0 Å². The van der Waals surface area contributed by atoms with Crippen molar-refractivity contribution >= 4 is 11.8 Å². The van der Waals surface area contributed by atoms with Crippen molar-refractivity contribution in [1.29, 1.82) is 0 Å². The molecule has 6 heteroatoms. The van der Waals surface area contributed by atoms with Crippen molar-refractivity contribution in [2.75, 3.05) is 0 Å². The first kappa shape index (κ1) is 29.9. The van der Waals surface area contributed by atoms with Crippen LogP contribution in [0.5, 0.6) is 11.5 Å². The van der Waals surface area contributed by atoms with E-state index in [1.54, 1.807) is 6.07 Å². The minimum absolute atomic E-state index is 0. The molecule has 1 atom stereocenters. The molecular weight excluding hydrogens is 447 g/mol. The van der Waals surface area contributed by atoms with Crippen molar-refractivity contribution < 1.29 is 56.7 Å². The van der Waals surface area contributed by atoms with Gasteiger partial charge >= 0.3 is 21.7 Å². The first-order valence-electron chi connectivity index (χ1n) is 9.22. The Balaban J connectivity index is 0. The number of aromatic hydroxyl groups is 2. The molecule has 2 aromatic rings. The third kappa shape index (κ3) is 8.59. The molecule has 2 N–H and O–H groups in total. The predicted molar refractivity (Wildman–Crippen MR) is 108 cm³/mol. The van der Waals surface area contributed by atoms with Crippen LogP contribution in [0.4, 0.5) is 0 Å². The van der Waals surface area contributed by atoms with E-state index in [4.69, 9.17) is 0 Å². The molecule has 28 heavy (non-hydrogen) atoms. The van der Waals surface area contributed by atoms with Crippen LogP contribution in [0, 0.1) is 13.8 Å². The Bertz CT molecular complexity index is 699. The minimum Gasteiger partial charge on any atom is -1.00 e. The summed E-state index contributed by atoms with van der Waals surface area (Å²) in [5, 5.41) is 19.9. The second-order valence-corrected chi connectivity index (χ2v) is 8.20. The molecule has 2 nitrogen and oxygen atoms in total. The van der Waals surface area contributed by atoms with E-state index in [0.717, 1.165) is 35.3 Å². The number of hydrogen-bond acceptors (Lipinski definition) is 3. The van der Waals surface area contributed by atoms with Crippen LogP contribution in [0.1, 0.15) is 55.4 Å². The van der Waals surface area contributed by atoms with E-state index in [1.165, 1.54) is 24.0 Å². The fourth-order valence-corrected chi connectivity index (χ4v) is 4.32. The zero-order valence-corrected chi connectivity index (χ0v) is 20.9. The van der Waals surface area contributed by atoms with E-state index in [0.29, 0.717) is 16.7 Å². The number of fused-ring (bicyclic) bond motifs is 2. The fraction of sp³-hybridized carbons (Fsp3) is 0.455. The molecule has 1 heterocycles. The minimum atomic E-state index is 0. The molecule has 2 aromatic carbocycles. The monoisotopic (exact) mass is 476 g/mol. The van der Waals surface area contributed by atoms with Gasteiger partial charge in [-0.15, -0.1) is 11.8 Å². The summed E-state index contributed by atoms with van der Waals surface area (Å²) in [4.78, 5) is 1.06. The average molecular weight is 477 g/mol. The van der Waals surface area contributed by atoms with Gasteiger partial charge < -0.3 is 35.0 Å². The van der Waals surface area contributed by atoms with Crippen molar-refractivity contribution in [2.24, 2.45) is 0 Å². The van der Waals surface area contributed by atoms with E-state index in [-0.39, 0.29) is 46.5 Å². The van der Waals surface area contributed by atoms with Gasteiger partial charge in [0, 0.05) is 10.1 Å². The second kappa shape index (κ2) is 14.6. The van der Waals surface area contributed by atoms with Crippen molar-refractivity contribution in [3.8, 4) is 11.5 Å². The summed E-state index contributed by atoms with van der Waals surface area (Å²) in [5.41, 5.74) is 4.68. The predicted octanol–water partition coefficient (Wildman–Crippen LogP) is 0.176. The van der Waals surface area contributed by atoms with Gasteiger partial charge in [-0.25, -0.2) is 0 Å². The van der Waals surface area contributed by atoms with Gasteiger partial charge in [0.1, 0.15) is 11.5 Å². The summed E-state index contributed by atoms with van der Waals surface area (Å²) < 4.78 is 0. The van der Waals surface area contributed by atoms with E-state index >= 15 is 0 Å². The molecular formula is C22H30Cl2O2STi. The number of phenolic OH excluding ortho intramolecular Hbond substituents is 2. The number of thioether (sulfide) groups is 1. The summed E-state index contributed by atoms with van der Waals surface area (Å²) in [7, 11) is 0. The molecule has 0 amide bonds. The van der Waals surface area contributed by atoms with Crippen LogP contribution in [0.25, 0.3) is 0 Å². The Kier molecular flexibility index (Phi) is 15.6. The smallest absolute Gasteiger partial charge is 1.00 e. The molecule has 1 aliphatic rings. The number of halogens is 2. The van der Waals surface area contributed by atoms with Gasteiger partial charge in [-0.3, -0.25) is 0 Å². The van der Waals surface area contributed by atoms with Crippen LogP contribution in [0.3, 0.4) is 0 Å². The van der Waals surface area contributed by atoms with Crippen molar-refractivity contribution in [2.45, 2.75) is 69.9 Å². The summed E-state index contributed by atoms with van der Waals surface area (Å²) in [5.74, 6) is 0.953. The van der Waals surface area contributed by atoms with Gasteiger partial charge in [-0.05, 0) is 68.4 Å². The van der Waals surface area contributed by atoms with Gasteiger partial charge in [0.15, 0.2) is 0 Å². The Morgan fingerprint density at radius 1 is 1.00 bits per heavy atom. The van der Waals surface area contributed by atoms with Crippen LogP contribution in [0.2, 0.25) is 0 Å². The Hall–Kier alpha value is -0.316. The summed E-state index contributed by atoms with van der Waals surface area (Å²) >= 11 is 1.81. The Labute approximate surface area is 201 Å². The van der Waals surface area contributed by atoms with Gasteiger partial charge in [0.25, 0.3) is 0 Å². The number of aryl methyl sites for hydroxylation is 3. The zero-order valence-electron chi connectivity index (χ0n) is 17.1. The van der Waals surface area contributed by atoms with E-state index in [2.05, 4.69) is 45.9 Å². The third-order valence-electron chi connectivity index (χ3n) is 4.53. The SMILES string of the molecule is CCC1Cc2cc(C)cc(c2O)S1.CCCCc1cc(C)ccc1O.[Cl-].[Cl-].[Ti+2]. The number of phenols is 2. The Morgan fingerprint density at radius 2 is 1.68 bits per heavy atom. The van der Waals surface area contributed by atoms with Crippen LogP contribution < -0.4 is 24.8 Å². The molecule has 154 valence electrons. The third-order valence-corrected chi connectivity index (χ3v) is 5.93. The normalized spacial score (nSPS) is 13.8. The van der Waals surface area contributed by atoms with Crippen molar-refractivity contribution in [3.63, 3.8) is 0 Å². The molecule has 1 aliphatic heterocycles. The molecule has 2 bridgehead atoms. The van der Waals surface area contributed by atoms with E-state index in [9.17, 15) is 10.2 Å². The summed E-state index contributed by atoms with van der Waals surface area (Å²) in [6, 6.07) is 9.95. The molecule has 0 spiro atoms. The number of hydrogen-bond donors (Lipinski definition) is 2. The first-order chi connectivity index (χ1) is 11.9. The fourth-order valence-electron chi connectivity index (χ4n) is 3.04. The quantitative estimate of drug-likeness (QED) is 0.618. The molecule has 0 aliphatic carbocycles. The maximum Gasteiger partial charge on any atom is 2.00 e. The van der Waals surface area contributed by atoms with Crippen molar-refractivity contribution in [3.05, 3.63) is 52.6 Å². The Morgan fingerprint density at radius 3 is 2.25 bits per heavy atom. The first-order valence-corrected chi connectivity index (χ1v) is 10.1.